The number of fused-ring (bicyclic) bond motifs is 1. The highest BCUT2D eigenvalue weighted by Crippen LogP contribution is 2.19. The van der Waals surface area contributed by atoms with Gasteiger partial charge in [-0.1, -0.05) is 36.4 Å². The molecule has 3 heterocycles. The Morgan fingerprint density at radius 2 is 1.93 bits per heavy atom. The van der Waals surface area contributed by atoms with Crippen LogP contribution in [-0.4, -0.2) is 28.5 Å². The van der Waals surface area contributed by atoms with E-state index < -0.39 is 0 Å². The molecule has 0 unspecified atom stereocenters. The number of aromatic nitrogens is 1. The van der Waals surface area contributed by atoms with Gasteiger partial charge in [-0.2, -0.15) is 0 Å². The molecule has 1 aliphatic heterocycles. The molecule has 4 nitrogen and oxygen atoms in total. The Morgan fingerprint density at radius 3 is 2.74 bits per heavy atom. The zero-order valence-electron chi connectivity index (χ0n) is 15.4. The van der Waals surface area contributed by atoms with Crippen LogP contribution in [0.3, 0.4) is 0 Å². The summed E-state index contributed by atoms with van der Waals surface area (Å²) in [5.41, 5.74) is 3.36. The molecule has 0 saturated heterocycles. The summed E-state index contributed by atoms with van der Waals surface area (Å²) in [5.74, 6) is 0.0364. The van der Waals surface area contributed by atoms with Crippen molar-refractivity contribution in [3.05, 3.63) is 81.8 Å². The molecule has 0 spiro atoms. The Kier molecular flexibility index (Phi) is 5.70. The smallest absolute Gasteiger partial charge is 0.267 e. The minimum Gasteiger partial charge on any atom is -0.350 e. The van der Waals surface area contributed by atoms with Gasteiger partial charge >= 0.3 is 0 Å². The first-order valence-electron chi connectivity index (χ1n) is 9.55. The van der Waals surface area contributed by atoms with Crippen molar-refractivity contribution in [2.45, 2.75) is 32.5 Å². The molecule has 27 heavy (non-hydrogen) atoms. The number of nitrogens with one attached hydrogen (secondary N) is 1. The predicted molar refractivity (Wildman–Crippen MR) is 110 cm³/mol. The van der Waals surface area contributed by atoms with Crippen LogP contribution >= 0.6 is 11.3 Å². The Morgan fingerprint density at radius 1 is 1.04 bits per heavy atom. The zero-order chi connectivity index (χ0) is 18.5. The van der Waals surface area contributed by atoms with Crippen molar-refractivity contribution in [1.82, 2.24) is 14.8 Å². The third-order valence-corrected chi connectivity index (χ3v) is 5.97. The first kappa shape index (κ1) is 18.0. The van der Waals surface area contributed by atoms with Crippen molar-refractivity contribution >= 4 is 17.2 Å². The first-order valence-corrected chi connectivity index (χ1v) is 10.4. The summed E-state index contributed by atoms with van der Waals surface area (Å²) in [7, 11) is 0. The van der Waals surface area contributed by atoms with E-state index in [1.807, 2.05) is 6.07 Å². The number of rotatable bonds is 6. The van der Waals surface area contributed by atoms with Gasteiger partial charge in [-0.25, -0.2) is 0 Å². The highest BCUT2D eigenvalue weighted by Gasteiger charge is 2.20. The summed E-state index contributed by atoms with van der Waals surface area (Å²) >= 11 is 1.74. The van der Waals surface area contributed by atoms with Crippen LogP contribution in [0.2, 0.25) is 0 Å². The van der Waals surface area contributed by atoms with E-state index in [0.29, 0.717) is 6.54 Å². The average molecular weight is 380 g/mol. The van der Waals surface area contributed by atoms with Crippen LogP contribution in [0.25, 0.3) is 0 Å². The van der Waals surface area contributed by atoms with Crippen LogP contribution in [0.15, 0.2) is 60.0 Å². The van der Waals surface area contributed by atoms with E-state index in [9.17, 15) is 4.79 Å². The Balaban J connectivity index is 1.38. The summed E-state index contributed by atoms with van der Waals surface area (Å²) in [6.45, 7) is 4.48. The molecule has 140 valence electrons. The van der Waals surface area contributed by atoms with Crippen molar-refractivity contribution in [2.24, 2.45) is 0 Å². The van der Waals surface area contributed by atoms with Crippen LogP contribution in [0.5, 0.6) is 0 Å². The van der Waals surface area contributed by atoms with Gasteiger partial charge in [-0.3, -0.25) is 9.69 Å². The van der Waals surface area contributed by atoms with Crippen LogP contribution in [0, 0.1) is 0 Å². The van der Waals surface area contributed by atoms with E-state index >= 15 is 0 Å². The summed E-state index contributed by atoms with van der Waals surface area (Å²) in [6.07, 6.45) is 1.95. The van der Waals surface area contributed by atoms with E-state index in [-0.39, 0.29) is 5.91 Å². The molecule has 0 saturated carbocycles. The number of hydrogen-bond donors (Lipinski definition) is 1. The lowest BCUT2D eigenvalue weighted by atomic mass is 10.2. The molecule has 5 heteroatoms. The first-order chi connectivity index (χ1) is 13.3. The van der Waals surface area contributed by atoms with E-state index in [2.05, 4.69) is 68.7 Å². The fourth-order valence-electron chi connectivity index (χ4n) is 3.69. The highest BCUT2D eigenvalue weighted by atomic mass is 32.1. The Bertz CT molecular complexity index is 870. The van der Waals surface area contributed by atoms with Crippen molar-refractivity contribution in [2.75, 3.05) is 13.1 Å². The van der Waals surface area contributed by atoms with Crippen LogP contribution in [0.4, 0.5) is 0 Å². The van der Waals surface area contributed by atoms with E-state index in [1.54, 1.807) is 11.3 Å². The number of benzene rings is 1. The normalized spacial score (nSPS) is 14.5. The van der Waals surface area contributed by atoms with E-state index in [1.165, 1.54) is 16.1 Å². The van der Waals surface area contributed by atoms with Crippen molar-refractivity contribution in [3.63, 3.8) is 0 Å². The second-order valence-corrected chi connectivity index (χ2v) is 8.03. The topological polar surface area (TPSA) is 37.3 Å². The van der Waals surface area contributed by atoms with Gasteiger partial charge in [0.25, 0.3) is 5.91 Å². The minimum atomic E-state index is 0.0364. The molecule has 0 atom stereocenters. The highest BCUT2D eigenvalue weighted by molar-refractivity contribution is 7.09. The predicted octanol–water partition coefficient (Wildman–Crippen LogP) is 3.93. The molecule has 4 rings (SSSR count). The van der Waals surface area contributed by atoms with Gasteiger partial charge in [0.2, 0.25) is 0 Å². The van der Waals surface area contributed by atoms with E-state index in [4.69, 9.17) is 0 Å². The SMILES string of the molecule is O=C(NCCc1cccs1)c1ccc2n1CCCN(Cc1ccccc1)C2. The fraction of sp³-hybridized carbons (Fsp3) is 0.318. The third-order valence-electron chi connectivity index (χ3n) is 5.03. The zero-order valence-corrected chi connectivity index (χ0v) is 16.3. The second kappa shape index (κ2) is 8.55. The summed E-state index contributed by atoms with van der Waals surface area (Å²) in [5, 5.41) is 5.15. The maximum Gasteiger partial charge on any atom is 0.267 e. The monoisotopic (exact) mass is 379 g/mol. The van der Waals surface area contributed by atoms with Crippen LogP contribution in [-0.2, 0) is 26.1 Å². The molecule has 2 aromatic heterocycles. The summed E-state index contributed by atoms with van der Waals surface area (Å²) in [4.78, 5) is 16.4. The van der Waals surface area contributed by atoms with Gasteiger partial charge < -0.3 is 9.88 Å². The Hall–Kier alpha value is -2.37. The number of carbonyl (C=O) groups is 1. The molecule has 1 aliphatic rings. The molecule has 0 fully saturated rings. The fourth-order valence-corrected chi connectivity index (χ4v) is 4.40. The molecule has 1 amide bonds. The van der Waals surface area contributed by atoms with Crippen molar-refractivity contribution in [1.29, 1.82) is 0 Å². The van der Waals surface area contributed by atoms with Gasteiger partial charge in [0, 0.05) is 43.3 Å². The lowest BCUT2D eigenvalue weighted by Gasteiger charge is -2.19. The quantitative estimate of drug-likeness (QED) is 0.705. The van der Waals surface area contributed by atoms with Gasteiger partial charge in [-0.05, 0) is 42.0 Å². The number of carbonyl (C=O) groups excluding carboxylic acids is 1. The van der Waals surface area contributed by atoms with Crippen molar-refractivity contribution < 1.29 is 4.79 Å². The molecular weight excluding hydrogens is 354 g/mol. The number of nitrogens with zero attached hydrogens (tertiary/aromatic N) is 2. The molecular formula is C22H25N3OS. The maximum absolute atomic E-state index is 12.6. The summed E-state index contributed by atoms with van der Waals surface area (Å²) in [6, 6.07) is 18.8. The number of hydrogen-bond acceptors (Lipinski definition) is 3. The van der Waals surface area contributed by atoms with Gasteiger partial charge in [-0.15, -0.1) is 11.3 Å². The lowest BCUT2D eigenvalue weighted by Crippen LogP contribution is -2.28. The number of amides is 1. The van der Waals surface area contributed by atoms with E-state index in [0.717, 1.165) is 44.7 Å². The molecule has 1 aromatic carbocycles. The van der Waals surface area contributed by atoms with Crippen molar-refractivity contribution in [3.8, 4) is 0 Å². The van der Waals surface area contributed by atoms with Gasteiger partial charge in [0.1, 0.15) is 5.69 Å². The van der Waals surface area contributed by atoms with Gasteiger partial charge in [0.05, 0.1) is 0 Å². The Labute approximate surface area is 164 Å². The molecule has 0 aliphatic carbocycles. The molecule has 0 bridgehead atoms. The second-order valence-electron chi connectivity index (χ2n) is 7.00. The molecule has 3 aromatic rings. The average Bonchev–Trinajstić information content (AvgIpc) is 3.29. The third kappa shape index (κ3) is 4.49. The van der Waals surface area contributed by atoms with Gasteiger partial charge in [0.15, 0.2) is 0 Å². The van der Waals surface area contributed by atoms with Crippen LogP contribution < -0.4 is 5.32 Å². The molecule has 0 radical (unpaired) electrons. The lowest BCUT2D eigenvalue weighted by molar-refractivity contribution is 0.0944. The maximum atomic E-state index is 12.6. The summed E-state index contributed by atoms with van der Waals surface area (Å²) < 4.78 is 2.20. The standard InChI is InChI=1S/C22H25N3OS/c26-22(23-12-11-20-8-4-15-27-20)21-10-9-19-17-24(13-5-14-25(19)21)16-18-6-2-1-3-7-18/h1-4,6-10,15H,5,11-14,16-17H2,(H,23,26). The largest absolute Gasteiger partial charge is 0.350 e. The number of thiophene rings is 1. The minimum absolute atomic E-state index is 0.0364. The van der Waals surface area contributed by atoms with Crippen LogP contribution in [0.1, 0.15) is 33.0 Å². The molecule has 1 N–H and O–H groups in total.